The highest BCUT2D eigenvalue weighted by atomic mass is 16.5. The van der Waals surface area contributed by atoms with E-state index in [0.717, 1.165) is 16.3 Å². The Morgan fingerprint density at radius 2 is 2.00 bits per heavy atom. The van der Waals surface area contributed by atoms with E-state index < -0.39 is 0 Å². The molecule has 0 aliphatic carbocycles. The Hall–Kier alpha value is -2.03. The Kier molecular flexibility index (Phi) is 3.28. The summed E-state index contributed by atoms with van der Waals surface area (Å²) in [6.07, 6.45) is 0.223. The molecule has 0 bridgehead atoms. The topological polar surface area (TPSA) is 52.3 Å². The number of carbonyl (C=O) groups is 1. The van der Waals surface area contributed by atoms with Gasteiger partial charge >= 0.3 is 5.97 Å². The number of ether oxygens (including phenoxy) is 1. The number of rotatable bonds is 3. The zero-order valence-corrected chi connectivity index (χ0v) is 9.77. The van der Waals surface area contributed by atoms with Gasteiger partial charge in [-0.2, -0.15) is 0 Å². The molecule has 0 amide bonds. The van der Waals surface area contributed by atoms with Crippen molar-refractivity contribution in [3.05, 3.63) is 42.0 Å². The van der Waals surface area contributed by atoms with Crippen molar-refractivity contribution in [1.82, 2.24) is 0 Å². The van der Waals surface area contributed by atoms with Crippen LogP contribution >= 0.6 is 0 Å². The van der Waals surface area contributed by atoms with E-state index in [1.165, 1.54) is 0 Å². The summed E-state index contributed by atoms with van der Waals surface area (Å²) in [6, 6.07) is 11.7. The van der Waals surface area contributed by atoms with Crippen molar-refractivity contribution in [1.29, 1.82) is 0 Å². The number of nitrogen functional groups attached to an aromatic ring is 1. The maximum absolute atomic E-state index is 11.5. The van der Waals surface area contributed by atoms with Gasteiger partial charge in [0.05, 0.1) is 13.0 Å². The Labute approximate surface area is 100 Å². The van der Waals surface area contributed by atoms with Crippen LogP contribution in [-0.4, -0.2) is 12.6 Å². The van der Waals surface area contributed by atoms with Crippen LogP contribution in [0.1, 0.15) is 12.5 Å². The van der Waals surface area contributed by atoms with Gasteiger partial charge in [-0.25, -0.2) is 0 Å². The third kappa shape index (κ3) is 2.38. The number of benzene rings is 2. The minimum Gasteiger partial charge on any atom is -0.466 e. The molecule has 2 N–H and O–H groups in total. The standard InChI is InChI=1S/C14H15NO2/c1-2-17-14(16)9-12-11-6-4-3-5-10(11)7-8-13(12)15/h3-8H,2,9,15H2,1H3. The van der Waals surface area contributed by atoms with E-state index >= 15 is 0 Å². The minimum atomic E-state index is -0.240. The monoisotopic (exact) mass is 229 g/mol. The molecule has 0 saturated heterocycles. The summed E-state index contributed by atoms with van der Waals surface area (Å²) in [5.41, 5.74) is 7.41. The van der Waals surface area contributed by atoms with Crippen molar-refractivity contribution in [2.24, 2.45) is 0 Å². The van der Waals surface area contributed by atoms with E-state index in [2.05, 4.69) is 0 Å². The van der Waals surface area contributed by atoms with Crippen LogP contribution < -0.4 is 5.73 Å². The average Bonchev–Trinajstić information content (AvgIpc) is 2.33. The molecule has 0 radical (unpaired) electrons. The highest BCUT2D eigenvalue weighted by Crippen LogP contribution is 2.24. The molecule has 0 aliphatic rings. The van der Waals surface area contributed by atoms with Crippen molar-refractivity contribution in [3.8, 4) is 0 Å². The van der Waals surface area contributed by atoms with E-state index in [4.69, 9.17) is 10.5 Å². The third-order valence-electron chi connectivity index (χ3n) is 2.70. The van der Waals surface area contributed by atoms with Gasteiger partial charge in [0, 0.05) is 5.69 Å². The van der Waals surface area contributed by atoms with Gasteiger partial charge in [0.25, 0.3) is 0 Å². The predicted molar refractivity (Wildman–Crippen MR) is 68.7 cm³/mol. The van der Waals surface area contributed by atoms with Crippen LogP contribution in [0, 0.1) is 0 Å². The predicted octanol–water partition coefficient (Wildman–Crippen LogP) is 2.53. The van der Waals surface area contributed by atoms with Crippen LogP contribution in [0.2, 0.25) is 0 Å². The van der Waals surface area contributed by atoms with Crippen molar-refractivity contribution in [2.75, 3.05) is 12.3 Å². The summed E-state index contributed by atoms with van der Waals surface area (Å²) >= 11 is 0. The molecule has 2 aromatic carbocycles. The molecule has 0 aromatic heterocycles. The summed E-state index contributed by atoms with van der Waals surface area (Å²) < 4.78 is 4.96. The van der Waals surface area contributed by atoms with Gasteiger partial charge in [-0.3, -0.25) is 4.79 Å². The van der Waals surface area contributed by atoms with Crippen LogP contribution in [0.3, 0.4) is 0 Å². The molecule has 0 unspecified atom stereocenters. The summed E-state index contributed by atoms with van der Waals surface area (Å²) in [5.74, 6) is -0.240. The number of anilines is 1. The van der Waals surface area contributed by atoms with Crippen molar-refractivity contribution >= 4 is 22.4 Å². The molecule has 0 heterocycles. The lowest BCUT2D eigenvalue weighted by Gasteiger charge is -2.09. The molecule has 2 rings (SSSR count). The fourth-order valence-corrected chi connectivity index (χ4v) is 1.91. The van der Waals surface area contributed by atoms with Gasteiger partial charge in [-0.15, -0.1) is 0 Å². The molecule has 2 aromatic rings. The molecule has 0 atom stereocenters. The first kappa shape index (κ1) is 11.5. The van der Waals surface area contributed by atoms with Gasteiger partial charge < -0.3 is 10.5 Å². The van der Waals surface area contributed by atoms with Crippen molar-refractivity contribution in [2.45, 2.75) is 13.3 Å². The Balaban J connectivity index is 2.44. The lowest BCUT2D eigenvalue weighted by molar-refractivity contribution is -0.142. The summed E-state index contributed by atoms with van der Waals surface area (Å²) in [6.45, 7) is 2.19. The molecule has 3 nitrogen and oxygen atoms in total. The molecule has 0 aliphatic heterocycles. The van der Waals surface area contributed by atoms with Crippen molar-refractivity contribution < 1.29 is 9.53 Å². The Bertz CT molecular complexity index is 549. The largest absolute Gasteiger partial charge is 0.466 e. The maximum atomic E-state index is 11.5. The van der Waals surface area contributed by atoms with Crippen molar-refractivity contribution in [3.63, 3.8) is 0 Å². The van der Waals surface area contributed by atoms with E-state index in [-0.39, 0.29) is 12.4 Å². The smallest absolute Gasteiger partial charge is 0.310 e. The first-order valence-electron chi connectivity index (χ1n) is 5.64. The second kappa shape index (κ2) is 4.87. The fraction of sp³-hybridized carbons (Fsp3) is 0.214. The minimum absolute atomic E-state index is 0.223. The van der Waals surface area contributed by atoms with E-state index in [1.807, 2.05) is 36.4 Å². The molecule has 88 valence electrons. The molecular formula is C14H15NO2. The number of fused-ring (bicyclic) bond motifs is 1. The first-order chi connectivity index (χ1) is 8.22. The summed E-state index contributed by atoms with van der Waals surface area (Å²) in [5, 5.41) is 2.10. The van der Waals surface area contributed by atoms with Crippen LogP contribution in [0.5, 0.6) is 0 Å². The van der Waals surface area contributed by atoms with Gasteiger partial charge in [0.1, 0.15) is 0 Å². The number of esters is 1. The second-order valence-electron chi connectivity index (χ2n) is 3.84. The fourth-order valence-electron chi connectivity index (χ4n) is 1.91. The first-order valence-corrected chi connectivity index (χ1v) is 5.64. The van der Waals surface area contributed by atoms with E-state index in [9.17, 15) is 4.79 Å². The molecule has 0 saturated carbocycles. The summed E-state index contributed by atoms with van der Waals surface area (Å²) in [4.78, 5) is 11.5. The highest BCUT2D eigenvalue weighted by Gasteiger charge is 2.10. The van der Waals surface area contributed by atoms with Crippen LogP contribution in [0.15, 0.2) is 36.4 Å². The third-order valence-corrected chi connectivity index (χ3v) is 2.70. The number of hydrogen-bond acceptors (Lipinski definition) is 3. The second-order valence-corrected chi connectivity index (χ2v) is 3.84. The van der Waals surface area contributed by atoms with E-state index in [1.54, 1.807) is 6.92 Å². The van der Waals surface area contributed by atoms with Gasteiger partial charge in [0.15, 0.2) is 0 Å². The van der Waals surface area contributed by atoms with E-state index in [0.29, 0.717) is 12.3 Å². The lowest BCUT2D eigenvalue weighted by Crippen LogP contribution is -2.09. The quantitative estimate of drug-likeness (QED) is 0.650. The van der Waals surface area contributed by atoms with Gasteiger partial charge in [0.2, 0.25) is 0 Å². The molecule has 3 heteroatoms. The molecular weight excluding hydrogens is 214 g/mol. The maximum Gasteiger partial charge on any atom is 0.310 e. The van der Waals surface area contributed by atoms with Gasteiger partial charge in [-0.1, -0.05) is 30.3 Å². The van der Waals surface area contributed by atoms with Crippen LogP contribution in [0.4, 0.5) is 5.69 Å². The zero-order valence-electron chi connectivity index (χ0n) is 9.77. The molecule has 0 spiro atoms. The number of carbonyl (C=O) groups excluding carboxylic acids is 1. The Morgan fingerprint density at radius 1 is 1.24 bits per heavy atom. The van der Waals surface area contributed by atoms with Gasteiger partial charge in [-0.05, 0) is 29.3 Å². The average molecular weight is 229 g/mol. The molecule has 0 fully saturated rings. The number of nitrogens with two attached hydrogens (primary N) is 1. The van der Waals surface area contributed by atoms with Crippen LogP contribution in [0.25, 0.3) is 10.8 Å². The zero-order chi connectivity index (χ0) is 12.3. The van der Waals surface area contributed by atoms with Crippen LogP contribution in [-0.2, 0) is 16.0 Å². The highest BCUT2D eigenvalue weighted by molar-refractivity contribution is 5.92. The SMILES string of the molecule is CCOC(=O)Cc1c(N)ccc2ccccc12. The number of hydrogen-bond donors (Lipinski definition) is 1. The lowest BCUT2D eigenvalue weighted by atomic mass is 10.0. The summed E-state index contributed by atoms with van der Waals surface area (Å²) in [7, 11) is 0. The normalized spacial score (nSPS) is 10.4. The molecule has 17 heavy (non-hydrogen) atoms. The Morgan fingerprint density at radius 3 is 2.76 bits per heavy atom.